The minimum Gasteiger partial charge on any atom is -0.489 e. The summed E-state index contributed by atoms with van der Waals surface area (Å²) in [4.78, 5) is 12.7. The number of benzene rings is 1. The monoisotopic (exact) mass is 338 g/mol. The maximum atomic E-state index is 12.7. The molecule has 4 nitrogen and oxygen atoms in total. The Balaban J connectivity index is 1.68. The summed E-state index contributed by atoms with van der Waals surface area (Å²) in [5.74, 6) is 0.131. The molecule has 1 aliphatic carbocycles. The third-order valence-electron chi connectivity index (χ3n) is 4.43. The van der Waals surface area contributed by atoms with Gasteiger partial charge in [0, 0.05) is 17.3 Å². The maximum Gasteiger partial charge on any atom is 0.173 e. The van der Waals surface area contributed by atoms with Gasteiger partial charge in [0.2, 0.25) is 0 Å². The Morgan fingerprint density at radius 3 is 2.85 bits per heavy atom. The summed E-state index contributed by atoms with van der Waals surface area (Å²) in [7, 11) is 0. The number of carbonyl (C=O) groups excluding carboxylic acids is 1. The first kappa shape index (κ1) is 12.8. The summed E-state index contributed by atoms with van der Waals surface area (Å²) in [5, 5.41) is 0. The lowest BCUT2D eigenvalue weighted by molar-refractivity contribution is -0.195. The zero-order valence-electron chi connectivity index (χ0n) is 10.9. The molecule has 1 aromatic carbocycles. The first-order valence-corrected chi connectivity index (χ1v) is 7.75. The zero-order valence-corrected chi connectivity index (χ0v) is 12.5. The predicted molar refractivity (Wildman–Crippen MR) is 74.9 cm³/mol. The van der Waals surface area contributed by atoms with E-state index in [4.69, 9.17) is 14.2 Å². The number of rotatable bonds is 0. The van der Waals surface area contributed by atoms with Gasteiger partial charge in [0.25, 0.3) is 0 Å². The molecule has 1 aromatic rings. The quantitative estimate of drug-likeness (QED) is 0.729. The van der Waals surface area contributed by atoms with E-state index in [1.54, 1.807) is 0 Å². The van der Waals surface area contributed by atoms with Crippen LogP contribution in [-0.4, -0.2) is 30.9 Å². The van der Waals surface area contributed by atoms with Crippen LogP contribution in [0.15, 0.2) is 22.7 Å². The molecule has 0 bridgehead atoms. The first-order chi connectivity index (χ1) is 9.67. The van der Waals surface area contributed by atoms with Gasteiger partial charge in [0.05, 0.1) is 24.7 Å². The van der Waals surface area contributed by atoms with Crippen LogP contribution in [0.5, 0.6) is 5.75 Å². The van der Waals surface area contributed by atoms with Crippen LogP contribution in [0.25, 0.3) is 0 Å². The fourth-order valence-electron chi connectivity index (χ4n) is 3.45. The molecular weight excluding hydrogens is 324 g/mol. The van der Waals surface area contributed by atoms with Crippen LogP contribution in [-0.2, 0) is 9.47 Å². The fraction of sp³-hybridized carbons (Fsp3) is 0.533. The molecular formula is C15H15BrO4. The number of hydrogen-bond acceptors (Lipinski definition) is 4. The molecule has 2 fully saturated rings. The second-order valence-corrected chi connectivity index (χ2v) is 6.53. The lowest BCUT2D eigenvalue weighted by Gasteiger charge is -2.42. The highest BCUT2D eigenvalue weighted by Gasteiger charge is 2.50. The highest BCUT2D eigenvalue weighted by atomic mass is 79.9. The molecule has 5 heteroatoms. The molecule has 0 unspecified atom stereocenters. The summed E-state index contributed by atoms with van der Waals surface area (Å²) in [6, 6.07) is 5.60. The average Bonchev–Trinajstić information content (AvgIpc) is 2.89. The highest BCUT2D eigenvalue weighted by molar-refractivity contribution is 9.10. The average molecular weight is 339 g/mol. The lowest BCUT2D eigenvalue weighted by Crippen LogP contribution is -2.49. The Kier molecular flexibility index (Phi) is 2.91. The maximum absolute atomic E-state index is 12.7. The van der Waals surface area contributed by atoms with Gasteiger partial charge in [0.15, 0.2) is 11.6 Å². The first-order valence-electron chi connectivity index (χ1n) is 6.95. The van der Waals surface area contributed by atoms with E-state index in [2.05, 4.69) is 15.9 Å². The molecule has 4 rings (SSSR count). The van der Waals surface area contributed by atoms with E-state index in [0.717, 1.165) is 17.3 Å². The van der Waals surface area contributed by atoms with E-state index in [-0.39, 0.29) is 17.8 Å². The molecule has 106 valence electrons. The highest BCUT2D eigenvalue weighted by Crippen LogP contribution is 2.45. The van der Waals surface area contributed by atoms with Gasteiger partial charge in [0.1, 0.15) is 11.9 Å². The van der Waals surface area contributed by atoms with Crippen molar-refractivity contribution in [2.45, 2.75) is 31.2 Å². The molecule has 1 spiro atoms. The van der Waals surface area contributed by atoms with Crippen molar-refractivity contribution in [3.8, 4) is 5.75 Å². The molecule has 20 heavy (non-hydrogen) atoms. The molecule has 0 N–H and O–H groups in total. The lowest BCUT2D eigenvalue weighted by atomic mass is 9.76. The topological polar surface area (TPSA) is 44.8 Å². The van der Waals surface area contributed by atoms with Crippen LogP contribution >= 0.6 is 15.9 Å². The normalized spacial score (nSPS) is 30.8. The van der Waals surface area contributed by atoms with Gasteiger partial charge in [-0.25, -0.2) is 0 Å². The second kappa shape index (κ2) is 4.55. The molecule has 1 saturated carbocycles. The Labute approximate surface area is 125 Å². The number of Topliss-reactive ketones (excluding diaryl/α,β-unsaturated/α-hetero) is 1. The van der Waals surface area contributed by atoms with E-state index in [0.29, 0.717) is 30.9 Å². The van der Waals surface area contributed by atoms with Crippen LogP contribution in [0, 0.1) is 5.92 Å². The Bertz CT molecular complexity index is 565. The number of fused-ring (bicyclic) bond motifs is 2. The number of halogens is 1. The van der Waals surface area contributed by atoms with E-state index < -0.39 is 5.79 Å². The SMILES string of the molecule is O=C1c2cc(Br)ccc2O[C@H]2CCC3(C[C@H]12)OCCO3. The molecule has 1 saturated heterocycles. The summed E-state index contributed by atoms with van der Waals surface area (Å²) in [6.07, 6.45) is 2.15. The molecule has 0 aromatic heterocycles. The van der Waals surface area contributed by atoms with Crippen molar-refractivity contribution < 1.29 is 19.0 Å². The summed E-state index contributed by atoms with van der Waals surface area (Å²) in [6.45, 7) is 1.24. The summed E-state index contributed by atoms with van der Waals surface area (Å²) >= 11 is 3.41. The molecule has 2 heterocycles. The summed E-state index contributed by atoms with van der Waals surface area (Å²) in [5.41, 5.74) is 0.663. The van der Waals surface area contributed by atoms with Crippen molar-refractivity contribution >= 4 is 21.7 Å². The van der Waals surface area contributed by atoms with Gasteiger partial charge < -0.3 is 14.2 Å². The molecule has 2 aliphatic heterocycles. The van der Waals surface area contributed by atoms with Crippen molar-refractivity contribution in [3.05, 3.63) is 28.2 Å². The van der Waals surface area contributed by atoms with E-state index in [1.807, 2.05) is 18.2 Å². The van der Waals surface area contributed by atoms with E-state index in [1.165, 1.54) is 0 Å². The fourth-order valence-corrected chi connectivity index (χ4v) is 3.82. The molecule has 0 amide bonds. The number of ketones is 1. The van der Waals surface area contributed by atoms with Crippen LogP contribution < -0.4 is 4.74 Å². The smallest absolute Gasteiger partial charge is 0.173 e. The molecule has 3 aliphatic rings. The van der Waals surface area contributed by atoms with Crippen molar-refractivity contribution in [1.29, 1.82) is 0 Å². The zero-order chi connectivity index (χ0) is 13.7. The number of carbonyl (C=O) groups is 1. The van der Waals surface area contributed by atoms with Crippen LogP contribution in [0.4, 0.5) is 0 Å². The van der Waals surface area contributed by atoms with Gasteiger partial charge >= 0.3 is 0 Å². The predicted octanol–water partition coefficient (Wildman–Crippen LogP) is 2.94. The van der Waals surface area contributed by atoms with Crippen molar-refractivity contribution in [2.24, 2.45) is 5.92 Å². The Hall–Kier alpha value is -0.910. The van der Waals surface area contributed by atoms with Crippen molar-refractivity contribution in [2.75, 3.05) is 13.2 Å². The van der Waals surface area contributed by atoms with Gasteiger partial charge in [-0.15, -0.1) is 0 Å². The molecule has 2 atom stereocenters. The second-order valence-electron chi connectivity index (χ2n) is 5.62. The van der Waals surface area contributed by atoms with Crippen LogP contribution in [0.3, 0.4) is 0 Å². The van der Waals surface area contributed by atoms with Crippen molar-refractivity contribution in [3.63, 3.8) is 0 Å². The van der Waals surface area contributed by atoms with Crippen LogP contribution in [0.2, 0.25) is 0 Å². The van der Waals surface area contributed by atoms with E-state index in [9.17, 15) is 4.79 Å². The standard InChI is InChI=1S/C15H15BrO4/c16-9-1-2-12-10(7-9)14(17)11-8-15(18-5-6-19-15)4-3-13(11)20-12/h1-2,7,11,13H,3-6,8H2/t11-,13-/m0/s1. The third-order valence-corrected chi connectivity index (χ3v) is 4.92. The Morgan fingerprint density at radius 1 is 1.25 bits per heavy atom. The van der Waals surface area contributed by atoms with Gasteiger partial charge in [-0.3, -0.25) is 4.79 Å². The van der Waals surface area contributed by atoms with Gasteiger partial charge in [-0.2, -0.15) is 0 Å². The van der Waals surface area contributed by atoms with Gasteiger partial charge in [-0.05, 0) is 24.6 Å². The number of hydrogen-bond donors (Lipinski definition) is 0. The number of ether oxygens (including phenoxy) is 3. The van der Waals surface area contributed by atoms with Crippen molar-refractivity contribution in [1.82, 2.24) is 0 Å². The summed E-state index contributed by atoms with van der Waals surface area (Å²) < 4.78 is 18.4. The van der Waals surface area contributed by atoms with Gasteiger partial charge in [-0.1, -0.05) is 15.9 Å². The van der Waals surface area contributed by atoms with E-state index >= 15 is 0 Å². The van der Waals surface area contributed by atoms with Crippen LogP contribution in [0.1, 0.15) is 29.6 Å². The Morgan fingerprint density at radius 2 is 2.05 bits per heavy atom. The largest absolute Gasteiger partial charge is 0.489 e. The minimum atomic E-state index is -0.552. The third kappa shape index (κ3) is 1.91. The minimum absolute atomic E-state index is 0.0467. The molecule has 0 radical (unpaired) electrons.